The summed E-state index contributed by atoms with van der Waals surface area (Å²) in [6, 6.07) is 0. The Morgan fingerprint density at radius 2 is 2.40 bits per heavy atom. The van der Waals surface area contributed by atoms with Crippen LogP contribution in [0.3, 0.4) is 0 Å². The van der Waals surface area contributed by atoms with Gasteiger partial charge in [0.2, 0.25) is 11.3 Å². The van der Waals surface area contributed by atoms with Crippen molar-refractivity contribution in [3.63, 3.8) is 0 Å². The first-order valence-electron chi connectivity index (χ1n) is 2.56. The molecule has 0 fully saturated rings. The van der Waals surface area contributed by atoms with Gasteiger partial charge in [0.15, 0.2) is 0 Å². The summed E-state index contributed by atoms with van der Waals surface area (Å²) in [7, 11) is 0. The van der Waals surface area contributed by atoms with E-state index in [9.17, 15) is 4.21 Å². The van der Waals surface area contributed by atoms with Crippen LogP contribution >= 0.6 is 11.8 Å². The summed E-state index contributed by atoms with van der Waals surface area (Å²) in [5.41, 5.74) is 0. The molecule has 0 aliphatic rings. The molecule has 0 aromatic rings. The summed E-state index contributed by atoms with van der Waals surface area (Å²) < 4.78 is 20.4. The minimum Gasteiger partial charge on any atom is -0.294 e. The van der Waals surface area contributed by atoms with E-state index >= 15 is 0 Å². The van der Waals surface area contributed by atoms with E-state index in [0.717, 1.165) is 5.75 Å². The Kier molecular flexibility index (Phi) is 7.08. The van der Waals surface area contributed by atoms with Crippen LogP contribution in [0, 0.1) is 11.8 Å². The molecule has 0 saturated heterocycles. The lowest BCUT2D eigenvalue weighted by molar-refractivity contribution is 0.553. The van der Waals surface area contributed by atoms with Crippen molar-refractivity contribution in [3.05, 3.63) is 0 Å². The van der Waals surface area contributed by atoms with E-state index in [-0.39, 0.29) is 6.54 Å². The lowest BCUT2D eigenvalue weighted by atomic mass is 10.6. The molecule has 3 nitrogen and oxygen atoms in total. The van der Waals surface area contributed by atoms with Crippen LogP contribution in [0.5, 0.6) is 0 Å². The Balaban J connectivity index is 3.20. The fourth-order valence-electron chi connectivity index (χ4n) is 0.284. The molecule has 1 unspecified atom stereocenters. The monoisotopic (exact) mass is 179 g/mol. The van der Waals surface area contributed by atoms with Crippen LogP contribution in [0.2, 0.25) is 0 Å². The predicted molar refractivity (Wildman–Crippen MR) is 44.9 cm³/mol. The summed E-state index contributed by atoms with van der Waals surface area (Å²) >= 11 is -0.310. The van der Waals surface area contributed by atoms with Crippen LogP contribution in [0.4, 0.5) is 0 Å². The molecule has 0 heterocycles. The number of nitrogens with one attached hydrogen (secondary N) is 1. The van der Waals surface area contributed by atoms with Crippen LogP contribution in [0.15, 0.2) is 0 Å². The molecule has 1 atom stereocenters. The van der Waals surface area contributed by atoms with Crippen molar-refractivity contribution in [1.82, 2.24) is 4.72 Å². The third kappa shape index (κ3) is 7.98. The lowest BCUT2D eigenvalue weighted by Crippen LogP contribution is -2.15. The maximum Gasteiger partial charge on any atom is 0.232 e. The Morgan fingerprint density at radius 3 is 2.90 bits per heavy atom. The molecule has 0 bridgehead atoms. The minimum absolute atomic E-state index is 0.268. The van der Waals surface area contributed by atoms with Crippen molar-refractivity contribution < 1.29 is 8.76 Å². The second kappa shape index (κ2) is 7.09. The van der Waals surface area contributed by atoms with Gasteiger partial charge in [0.1, 0.15) is 0 Å². The summed E-state index contributed by atoms with van der Waals surface area (Å²) in [5.74, 6) is 6.24. The van der Waals surface area contributed by atoms with Gasteiger partial charge in [-0.05, 0) is 6.26 Å². The van der Waals surface area contributed by atoms with Crippen LogP contribution in [-0.2, 0) is 11.3 Å². The van der Waals surface area contributed by atoms with Crippen molar-refractivity contribution in [2.24, 2.45) is 0 Å². The number of hydrogen-bond donors (Lipinski definition) is 2. The smallest absolute Gasteiger partial charge is 0.232 e. The van der Waals surface area contributed by atoms with Gasteiger partial charge >= 0.3 is 0 Å². The first-order valence-corrected chi connectivity index (χ1v) is 5.06. The highest BCUT2D eigenvalue weighted by Gasteiger charge is 1.83. The zero-order valence-corrected chi connectivity index (χ0v) is 7.22. The highest BCUT2D eigenvalue weighted by molar-refractivity contribution is 7.98. The molecule has 0 amide bonds. The maximum absolute atomic E-state index is 9.96. The van der Waals surface area contributed by atoms with Gasteiger partial charge in [-0.3, -0.25) is 4.55 Å². The van der Waals surface area contributed by atoms with E-state index in [1.54, 1.807) is 11.8 Å². The summed E-state index contributed by atoms with van der Waals surface area (Å²) in [4.78, 5) is 0. The molecule has 0 spiro atoms. The molecule has 0 radical (unpaired) electrons. The van der Waals surface area contributed by atoms with Gasteiger partial charge in [0.05, 0.1) is 12.3 Å². The summed E-state index contributed by atoms with van der Waals surface area (Å²) in [5, 5.41) is 0. The van der Waals surface area contributed by atoms with Crippen molar-refractivity contribution in [3.8, 4) is 11.8 Å². The molecule has 2 N–H and O–H groups in total. The van der Waals surface area contributed by atoms with Gasteiger partial charge < -0.3 is 0 Å². The van der Waals surface area contributed by atoms with Crippen LogP contribution in [0.25, 0.3) is 0 Å². The Labute approximate surface area is 67.4 Å². The number of thioether (sulfide) groups is 1. The van der Waals surface area contributed by atoms with E-state index < -0.39 is 11.3 Å². The van der Waals surface area contributed by atoms with E-state index in [2.05, 4.69) is 16.6 Å². The predicted octanol–water partition coefficient (Wildman–Crippen LogP) is 0.0791. The highest BCUT2D eigenvalue weighted by atomic mass is 32.2. The molecule has 0 aromatic heterocycles. The van der Waals surface area contributed by atoms with Gasteiger partial charge in [0, 0.05) is 0 Å². The topological polar surface area (TPSA) is 49.3 Å². The van der Waals surface area contributed by atoms with Gasteiger partial charge in [-0.15, -0.1) is 0 Å². The van der Waals surface area contributed by atoms with Gasteiger partial charge in [0.25, 0.3) is 0 Å². The molecule has 0 rings (SSSR count). The van der Waals surface area contributed by atoms with Crippen LogP contribution in [-0.4, -0.2) is 27.3 Å². The molecule has 0 aliphatic carbocycles. The lowest BCUT2D eigenvalue weighted by Gasteiger charge is -1.87. The first-order chi connectivity index (χ1) is 4.77. The molecule has 10 heavy (non-hydrogen) atoms. The van der Waals surface area contributed by atoms with Crippen LogP contribution < -0.4 is 4.72 Å². The highest BCUT2D eigenvalue weighted by Crippen LogP contribution is 1.85. The van der Waals surface area contributed by atoms with E-state index in [4.69, 9.17) is 4.55 Å². The molecule has 0 aromatic carbocycles. The molecular weight excluding hydrogens is 170 g/mol. The average molecular weight is 179 g/mol. The fraction of sp³-hybridized carbons (Fsp3) is 0.600. The second-order valence-electron chi connectivity index (χ2n) is 1.36. The quantitative estimate of drug-likeness (QED) is 0.476. The van der Waals surface area contributed by atoms with E-state index in [0.29, 0.717) is 0 Å². The molecule has 58 valence electrons. The molecular formula is C5H9NO2S2. The van der Waals surface area contributed by atoms with Crippen molar-refractivity contribution >= 4 is 23.0 Å². The zero-order chi connectivity index (χ0) is 7.82. The zero-order valence-electron chi connectivity index (χ0n) is 5.59. The third-order valence-corrected chi connectivity index (χ3v) is 1.45. The first kappa shape index (κ1) is 9.98. The largest absolute Gasteiger partial charge is 0.294 e. The third-order valence-electron chi connectivity index (χ3n) is 0.626. The van der Waals surface area contributed by atoms with Gasteiger partial charge in [-0.25, -0.2) is 8.93 Å². The number of rotatable bonds is 3. The Morgan fingerprint density at radius 1 is 1.70 bits per heavy atom. The van der Waals surface area contributed by atoms with E-state index in [1.807, 2.05) is 6.26 Å². The van der Waals surface area contributed by atoms with Gasteiger partial charge in [-0.1, -0.05) is 11.8 Å². The Hall–Kier alpha value is -0.0200. The van der Waals surface area contributed by atoms with Crippen molar-refractivity contribution in [1.29, 1.82) is 0 Å². The minimum atomic E-state index is -1.93. The maximum atomic E-state index is 9.96. The Bertz CT molecular complexity index is 161. The van der Waals surface area contributed by atoms with Crippen LogP contribution in [0.1, 0.15) is 0 Å². The fourth-order valence-corrected chi connectivity index (χ4v) is 0.726. The standard InChI is InChI=1S/C5H9NO2S2/c1-9-5-3-2-4-6-10(7)8/h6H,4-5H2,1H3,(H,7,8). The summed E-state index contributed by atoms with van der Waals surface area (Å²) in [6.45, 7) is 0.268. The molecule has 0 aliphatic heterocycles. The van der Waals surface area contributed by atoms with Crippen molar-refractivity contribution in [2.45, 2.75) is 0 Å². The molecule has 5 heteroatoms. The van der Waals surface area contributed by atoms with Crippen molar-refractivity contribution in [2.75, 3.05) is 18.6 Å². The SMILES string of the molecule is CSCC#CCNS(=O)O. The average Bonchev–Trinajstić information content (AvgIpc) is 1.87. The van der Waals surface area contributed by atoms with E-state index in [1.165, 1.54) is 0 Å². The molecule has 0 saturated carbocycles. The summed E-state index contributed by atoms with van der Waals surface area (Å²) in [6.07, 6.45) is 1.95. The normalized spacial score (nSPS) is 11.8. The van der Waals surface area contributed by atoms with Gasteiger partial charge in [-0.2, -0.15) is 11.8 Å². The number of hydrogen-bond acceptors (Lipinski definition) is 2. The second-order valence-corrected chi connectivity index (χ2v) is 3.01.